The Hall–Kier alpha value is -0.620. The van der Waals surface area contributed by atoms with E-state index in [0.29, 0.717) is 0 Å². The molecule has 0 atom stereocenters. The third kappa shape index (κ3) is 2.06. The van der Waals surface area contributed by atoms with Crippen LogP contribution in [0.4, 0.5) is 0 Å². The number of nitrogens with one attached hydrogen (secondary N) is 1. The third-order valence-electron chi connectivity index (χ3n) is 1.70. The molecule has 0 aliphatic carbocycles. The second-order valence-electron chi connectivity index (χ2n) is 2.67. The molecule has 2 aromatic heterocycles. The van der Waals surface area contributed by atoms with Crippen molar-refractivity contribution in [1.82, 2.24) is 19.9 Å². The molecule has 0 fully saturated rings. The van der Waals surface area contributed by atoms with Gasteiger partial charge in [-0.25, -0.2) is 15.0 Å². The smallest absolute Gasteiger partial charge is 0.181 e. The van der Waals surface area contributed by atoms with Crippen LogP contribution < -0.4 is 0 Å². The largest absolute Gasteiger partial charge is 0.341 e. The molecule has 14 heavy (non-hydrogen) atoms. The second kappa shape index (κ2) is 4.75. The van der Waals surface area contributed by atoms with Gasteiger partial charge >= 0.3 is 0 Å². The number of thioether (sulfide) groups is 1. The number of rotatable bonds is 4. The number of alkyl halides is 1. The van der Waals surface area contributed by atoms with Crippen LogP contribution in [0.15, 0.2) is 17.7 Å². The Morgan fingerprint density at radius 3 is 3.14 bits per heavy atom. The summed E-state index contributed by atoms with van der Waals surface area (Å²) in [6.07, 6.45) is 4.33. The van der Waals surface area contributed by atoms with E-state index < -0.39 is 0 Å². The molecule has 0 amide bonds. The molecule has 4 nitrogen and oxygen atoms in total. The summed E-state index contributed by atoms with van der Waals surface area (Å²) >= 11 is 5.13. The van der Waals surface area contributed by atoms with Crippen molar-refractivity contribution in [2.75, 3.05) is 11.1 Å². The highest BCUT2D eigenvalue weighted by Crippen LogP contribution is 2.22. The van der Waals surface area contributed by atoms with Crippen LogP contribution in [-0.4, -0.2) is 31.0 Å². The van der Waals surface area contributed by atoms with Crippen LogP contribution in [-0.2, 0) is 0 Å². The number of aromatic nitrogens is 4. The Morgan fingerprint density at radius 2 is 2.29 bits per heavy atom. The van der Waals surface area contributed by atoms with Crippen molar-refractivity contribution < 1.29 is 0 Å². The molecule has 0 unspecified atom stereocenters. The standard InChI is InChI=1S/C8H9BrN4S/c9-2-1-3-14-8-6-7(11-4-10-6)12-5-13-8/h4-5H,1-3H2,(H,10,11,12,13). The first kappa shape index (κ1) is 9.92. The molecule has 2 rings (SSSR count). The van der Waals surface area contributed by atoms with E-state index >= 15 is 0 Å². The quantitative estimate of drug-likeness (QED) is 0.401. The van der Waals surface area contributed by atoms with Crippen molar-refractivity contribution in [3.8, 4) is 0 Å². The molecule has 0 spiro atoms. The number of nitrogens with zero attached hydrogens (tertiary/aromatic N) is 3. The van der Waals surface area contributed by atoms with E-state index in [1.54, 1.807) is 24.4 Å². The fraction of sp³-hybridized carbons (Fsp3) is 0.375. The molecule has 0 aliphatic heterocycles. The third-order valence-corrected chi connectivity index (χ3v) is 3.34. The van der Waals surface area contributed by atoms with Gasteiger partial charge in [0.1, 0.15) is 16.9 Å². The first-order chi connectivity index (χ1) is 6.92. The van der Waals surface area contributed by atoms with Crippen molar-refractivity contribution in [2.45, 2.75) is 11.4 Å². The molecule has 6 heteroatoms. The van der Waals surface area contributed by atoms with Crippen LogP contribution in [0.1, 0.15) is 6.42 Å². The van der Waals surface area contributed by atoms with Gasteiger partial charge in [-0.05, 0) is 6.42 Å². The van der Waals surface area contributed by atoms with Crippen LogP contribution in [0.25, 0.3) is 11.2 Å². The van der Waals surface area contributed by atoms with Crippen LogP contribution in [0.3, 0.4) is 0 Å². The lowest BCUT2D eigenvalue weighted by Gasteiger charge is -1.98. The fourth-order valence-electron chi connectivity index (χ4n) is 1.08. The maximum absolute atomic E-state index is 4.22. The molecule has 0 aromatic carbocycles. The average molecular weight is 273 g/mol. The Labute approximate surface area is 94.1 Å². The Bertz CT molecular complexity index is 416. The zero-order valence-corrected chi connectivity index (χ0v) is 9.81. The van der Waals surface area contributed by atoms with Crippen LogP contribution >= 0.6 is 27.7 Å². The molecule has 0 aliphatic rings. The Balaban J connectivity index is 2.19. The first-order valence-corrected chi connectivity index (χ1v) is 6.35. The van der Waals surface area contributed by atoms with Gasteiger partial charge in [-0.1, -0.05) is 15.9 Å². The minimum Gasteiger partial charge on any atom is -0.341 e. The van der Waals surface area contributed by atoms with Crippen LogP contribution in [0, 0.1) is 0 Å². The predicted molar refractivity (Wildman–Crippen MR) is 60.8 cm³/mol. The maximum Gasteiger partial charge on any atom is 0.181 e. The van der Waals surface area contributed by atoms with Gasteiger partial charge in [0.05, 0.1) is 6.33 Å². The minimum atomic E-state index is 0.737. The van der Waals surface area contributed by atoms with E-state index in [2.05, 4.69) is 35.9 Å². The highest BCUT2D eigenvalue weighted by Gasteiger charge is 2.05. The minimum absolute atomic E-state index is 0.737. The average Bonchev–Trinajstić information content (AvgIpc) is 2.67. The van der Waals surface area contributed by atoms with E-state index in [9.17, 15) is 0 Å². The van der Waals surface area contributed by atoms with Gasteiger partial charge in [0.2, 0.25) is 0 Å². The van der Waals surface area contributed by atoms with E-state index in [1.807, 2.05) is 0 Å². The first-order valence-electron chi connectivity index (χ1n) is 4.24. The normalized spacial score (nSPS) is 10.9. The van der Waals surface area contributed by atoms with Crippen LogP contribution in [0.2, 0.25) is 0 Å². The zero-order valence-electron chi connectivity index (χ0n) is 7.40. The summed E-state index contributed by atoms with van der Waals surface area (Å²) in [4.78, 5) is 15.4. The predicted octanol–water partition coefficient (Wildman–Crippen LogP) is 2.23. The van der Waals surface area contributed by atoms with Crippen molar-refractivity contribution in [1.29, 1.82) is 0 Å². The summed E-state index contributed by atoms with van der Waals surface area (Å²) in [5.41, 5.74) is 1.67. The van der Waals surface area contributed by atoms with Gasteiger partial charge in [0, 0.05) is 11.1 Å². The maximum atomic E-state index is 4.22. The van der Waals surface area contributed by atoms with Crippen LogP contribution in [0.5, 0.6) is 0 Å². The number of hydrogen-bond acceptors (Lipinski definition) is 4. The monoisotopic (exact) mass is 272 g/mol. The molecule has 1 N–H and O–H groups in total. The molecular formula is C8H9BrN4S. The molecule has 2 aromatic rings. The molecular weight excluding hydrogens is 264 g/mol. The molecule has 0 saturated heterocycles. The van der Waals surface area contributed by atoms with E-state index in [-0.39, 0.29) is 0 Å². The van der Waals surface area contributed by atoms with Crippen molar-refractivity contribution in [3.05, 3.63) is 12.7 Å². The van der Waals surface area contributed by atoms with Crippen molar-refractivity contribution >= 4 is 38.9 Å². The molecule has 74 valence electrons. The van der Waals surface area contributed by atoms with E-state index in [0.717, 1.165) is 33.7 Å². The molecule has 2 heterocycles. The summed E-state index contributed by atoms with van der Waals surface area (Å²) < 4.78 is 0. The Kier molecular flexibility index (Phi) is 3.36. The topological polar surface area (TPSA) is 54.5 Å². The summed E-state index contributed by atoms with van der Waals surface area (Å²) in [5, 5.41) is 2.01. The van der Waals surface area contributed by atoms with Crippen molar-refractivity contribution in [2.24, 2.45) is 0 Å². The van der Waals surface area contributed by atoms with Gasteiger partial charge in [-0.2, -0.15) is 0 Å². The summed E-state index contributed by atoms with van der Waals surface area (Å²) in [6.45, 7) is 0. The summed E-state index contributed by atoms with van der Waals surface area (Å²) in [7, 11) is 0. The van der Waals surface area contributed by atoms with Gasteiger partial charge < -0.3 is 4.98 Å². The number of hydrogen-bond donors (Lipinski definition) is 1. The van der Waals surface area contributed by atoms with Gasteiger partial charge in [0.25, 0.3) is 0 Å². The van der Waals surface area contributed by atoms with Gasteiger partial charge in [0.15, 0.2) is 5.65 Å². The molecule has 0 radical (unpaired) electrons. The number of H-pyrrole nitrogens is 1. The number of aromatic amines is 1. The molecule has 0 bridgehead atoms. The summed E-state index contributed by atoms with van der Waals surface area (Å²) in [5.74, 6) is 1.05. The van der Waals surface area contributed by atoms with Gasteiger partial charge in [-0.3, -0.25) is 0 Å². The SMILES string of the molecule is BrCCCSc1ncnc2nc[nH]c12. The lowest BCUT2D eigenvalue weighted by Crippen LogP contribution is -1.88. The zero-order chi connectivity index (χ0) is 9.80. The second-order valence-corrected chi connectivity index (χ2v) is 4.55. The van der Waals surface area contributed by atoms with E-state index in [4.69, 9.17) is 0 Å². The highest BCUT2D eigenvalue weighted by atomic mass is 79.9. The highest BCUT2D eigenvalue weighted by molar-refractivity contribution is 9.09. The number of halogens is 1. The molecule has 0 saturated carbocycles. The number of fused-ring (bicyclic) bond motifs is 1. The lowest BCUT2D eigenvalue weighted by atomic mass is 10.6. The van der Waals surface area contributed by atoms with Crippen molar-refractivity contribution in [3.63, 3.8) is 0 Å². The van der Waals surface area contributed by atoms with E-state index in [1.165, 1.54) is 0 Å². The lowest BCUT2D eigenvalue weighted by molar-refractivity contribution is 1.07. The fourth-order valence-corrected chi connectivity index (χ4v) is 2.63. The summed E-state index contributed by atoms with van der Waals surface area (Å²) in [6, 6.07) is 0. The Morgan fingerprint density at radius 1 is 1.36 bits per heavy atom. The number of imidazole rings is 1. The van der Waals surface area contributed by atoms with Gasteiger partial charge in [-0.15, -0.1) is 11.8 Å².